The minimum Gasteiger partial charge on any atom is -0.495 e. The second-order valence-corrected chi connectivity index (χ2v) is 6.11. The van der Waals surface area contributed by atoms with Crippen molar-refractivity contribution in [2.45, 2.75) is 20.8 Å². The van der Waals surface area contributed by atoms with E-state index in [0.29, 0.717) is 11.3 Å². The molecule has 0 unspecified atom stereocenters. The van der Waals surface area contributed by atoms with Crippen LogP contribution in [0.3, 0.4) is 0 Å². The van der Waals surface area contributed by atoms with Crippen LogP contribution in [0.25, 0.3) is 0 Å². The van der Waals surface area contributed by atoms with Gasteiger partial charge in [0.15, 0.2) is 6.61 Å². The quantitative estimate of drug-likeness (QED) is 0.376. The summed E-state index contributed by atoms with van der Waals surface area (Å²) in [5.41, 5.74) is 0.809. The average Bonchev–Trinajstić information content (AvgIpc) is 3.00. The second kappa shape index (κ2) is 9.54. The zero-order chi connectivity index (χ0) is 22.4. The largest absolute Gasteiger partial charge is 0.495 e. The first-order valence-corrected chi connectivity index (χ1v) is 8.85. The zero-order valence-electron chi connectivity index (χ0n) is 16.9. The van der Waals surface area contributed by atoms with Gasteiger partial charge in [0, 0.05) is 17.8 Å². The zero-order valence-corrected chi connectivity index (χ0v) is 16.9. The number of nitro benzene ring substituents is 1. The van der Waals surface area contributed by atoms with Gasteiger partial charge in [-0.15, -0.1) is 0 Å². The number of carbonyl (C=O) groups excluding carboxylic acids is 3. The number of hydrogen-bond donors (Lipinski definition) is 2. The molecule has 1 amide bonds. The lowest BCUT2D eigenvalue weighted by Gasteiger charge is -2.10. The molecule has 160 valence electrons. The summed E-state index contributed by atoms with van der Waals surface area (Å²) in [6.07, 6.45) is 0. The van der Waals surface area contributed by atoms with Crippen LogP contribution in [0.5, 0.6) is 5.75 Å². The maximum absolute atomic E-state index is 12.4. The van der Waals surface area contributed by atoms with Crippen LogP contribution in [0.2, 0.25) is 0 Å². The summed E-state index contributed by atoms with van der Waals surface area (Å²) in [4.78, 5) is 49.6. The van der Waals surface area contributed by atoms with Crippen LogP contribution >= 0.6 is 0 Å². The number of nitro groups is 1. The number of amides is 1. The molecule has 11 nitrogen and oxygen atoms in total. The number of methoxy groups -OCH3 is 1. The average molecular weight is 419 g/mol. The molecule has 1 aromatic carbocycles. The number of anilines is 1. The van der Waals surface area contributed by atoms with Gasteiger partial charge >= 0.3 is 11.9 Å². The summed E-state index contributed by atoms with van der Waals surface area (Å²) in [5, 5.41) is 13.3. The van der Waals surface area contributed by atoms with Crippen LogP contribution in [-0.2, 0) is 14.3 Å². The van der Waals surface area contributed by atoms with Crippen molar-refractivity contribution in [1.29, 1.82) is 0 Å². The monoisotopic (exact) mass is 419 g/mol. The molecule has 1 heterocycles. The lowest BCUT2D eigenvalue weighted by atomic mass is 10.1. The number of non-ortho nitro benzene ring substituents is 1. The minimum absolute atomic E-state index is 0.0614. The SMILES string of the molecule is CCOC(=O)c1[nH]c(C)c(C(=O)OCC(=O)Nc2cc([N+](=O)[O-])ccc2OC)c1C. The van der Waals surface area contributed by atoms with Gasteiger partial charge in [0.1, 0.15) is 11.4 Å². The van der Waals surface area contributed by atoms with Gasteiger partial charge in [-0.25, -0.2) is 9.59 Å². The predicted octanol–water partition coefficient (Wildman–Crippen LogP) is 2.52. The molecule has 2 aromatic rings. The molecule has 0 saturated carbocycles. The normalized spacial score (nSPS) is 10.3. The summed E-state index contributed by atoms with van der Waals surface area (Å²) in [7, 11) is 1.34. The van der Waals surface area contributed by atoms with Crippen molar-refractivity contribution >= 4 is 29.2 Å². The summed E-state index contributed by atoms with van der Waals surface area (Å²) >= 11 is 0. The molecule has 0 aliphatic heterocycles. The first kappa shape index (κ1) is 22.4. The van der Waals surface area contributed by atoms with Crippen molar-refractivity contribution in [3.8, 4) is 5.75 Å². The van der Waals surface area contributed by atoms with Crippen molar-refractivity contribution in [3.05, 3.63) is 50.8 Å². The molecule has 0 aliphatic carbocycles. The van der Waals surface area contributed by atoms with E-state index in [-0.39, 0.29) is 35.0 Å². The molecular formula is C19H21N3O8. The fraction of sp³-hybridized carbons (Fsp3) is 0.316. The molecular weight excluding hydrogens is 398 g/mol. The highest BCUT2D eigenvalue weighted by molar-refractivity contribution is 6.00. The molecule has 0 radical (unpaired) electrons. The van der Waals surface area contributed by atoms with Crippen molar-refractivity contribution in [3.63, 3.8) is 0 Å². The standard InChI is InChI=1S/C19H21N3O8/c1-5-29-19(25)17-10(2)16(11(3)20-17)18(24)30-9-15(23)21-13-8-12(22(26)27)6-7-14(13)28-4/h6-8,20H,5,9H2,1-4H3,(H,21,23). The Balaban J connectivity index is 2.09. The number of aromatic nitrogens is 1. The third-order valence-corrected chi connectivity index (χ3v) is 4.12. The van der Waals surface area contributed by atoms with E-state index < -0.39 is 29.4 Å². The van der Waals surface area contributed by atoms with Gasteiger partial charge in [-0.2, -0.15) is 0 Å². The molecule has 30 heavy (non-hydrogen) atoms. The molecule has 2 N–H and O–H groups in total. The Morgan fingerprint density at radius 1 is 1.17 bits per heavy atom. The van der Waals surface area contributed by atoms with Crippen LogP contribution < -0.4 is 10.1 Å². The minimum atomic E-state index is -0.807. The van der Waals surface area contributed by atoms with E-state index in [9.17, 15) is 24.5 Å². The van der Waals surface area contributed by atoms with E-state index in [2.05, 4.69) is 10.3 Å². The van der Waals surface area contributed by atoms with Gasteiger partial charge in [-0.1, -0.05) is 0 Å². The van der Waals surface area contributed by atoms with Crippen molar-refractivity contribution < 1.29 is 33.5 Å². The topological polar surface area (TPSA) is 150 Å². The van der Waals surface area contributed by atoms with Gasteiger partial charge in [0.2, 0.25) is 0 Å². The van der Waals surface area contributed by atoms with E-state index in [1.54, 1.807) is 20.8 Å². The fourth-order valence-electron chi connectivity index (χ4n) is 2.76. The Bertz CT molecular complexity index is 996. The fourth-order valence-corrected chi connectivity index (χ4v) is 2.76. The third-order valence-electron chi connectivity index (χ3n) is 4.12. The second-order valence-electron chi connectivity index (χ2n) is 6.11. The highest BCUT2D eigenvalue weighted by atomic mass is 16.6. The molecule has 0 atom stereocenters. The molecule has 0 bridgehead atoms. The lowest BCUT2D eigenvalue weighted by Crippen LogP contribution is -2.21. The first-order chi connectivity index (χ1) is 14.2. The molecule has 0 spiro atoms. The van der Waals surface area contributed by atoms with Gasteiger partial charge in [0.25, 0.3) is 11.6 Å². The molecule has 0 saturated heterocycles. The Morgan fingerprint density at radius 2 is 1.87 bits per heavy atom. The highest BCUT2D eigenvalue weighted by Gasteiger charge is 2.24. The van der Waals surface area contributed by atoms with Crippen LogP contribution in [0, 0.1) is 24.0 Å². The van der Waals surface area contributed by atoms with Gasteiger partial charge < -0.3 is 24.5 Å². The summed E-state index contributed by atoms with van der Waals surface area (Å²) < 4.78 is 15.0. The van der Waals surface area contributed by atoms with Crippen molar-refractivity contribution in [2.24, 2.45) is 0 Å². The third kappa shape index (κ3) is 4.93. The van der Waals surface area contributed by atoms with E-state index in [4.69, 9.17) is 14.2 Å². The molecule has 0 aliphatic rings. The summed E-state index contributed by atoms with van der Waals surface area (Å²) in [5.74, 6) is -1.93. The maximum Gasteiger partial charge on any atom is 0.355 e. The number of benzene rings is 1. The van der Waals surface area contributed by atoms with Gasteiger partial charge in [-0.3, -0.25) is 14.9 Å². The number of hydrogen-bond acceptors (Lipinski definition) is 8. The number of carbonyl (C=O) groups is 3. The van der Waals surface area contributed by atoms with Crippen LogP contribution in [-0.4, -0.2) is 48.1 Å². The Labute approximate surface area is 171 Å². The number of rotatable bonds is 8. The van der Waals surface area contributed by atoms with Crippen molar-refractivity contribution in [2.75, 3.05) is 25.6 Å². The van der Waals surface area contributed by atoms with E-state index in [1.165, 1.54) is 19.2 Å². The Morgan fingerprint density at radius 3 is 2.47 bits per heavy atom. The molecule has 11 heteroatoms. The summed E-state index contributed by atoms with van der Waals surface area (Å²) in [6.45, 7) is 4.33. The summed E-state index contributed by atoms with van der Waals surface area (Å²) in [6, 6.07) is 3.70. The first-order valence-electron chi connectivity index (χ1n) is 8.85. The smallest absolute Gasteiger partial charge is 0.355 e. The number of ether oxygens (including phenoxy) is 3. The van der Waals surface area contributed by atoms with Crippen molar-refractivity contribution in [1.82, 2.24) is 4.98 Å². The number of H-pyrrole nitrogens is 1. The number of aromatic amines is 1. The van der Waals surface area contributed by atoms with Crippen LogP contribution in [0.15, 0.2) is 18.2 Å². The van der Waals surface area contributed by atoms with E-state index >= 15 is 0 Å². The number of esters is 2. The number of nitrogens with zero attached hydrogens (tertiary/aromatic N) is 1. The highest BCUT2D eigenvalue weighted by Crippen LogP contribution is 2.28. The molecule has 2 rings (SSSR count). The Hall–Kier alpha value is -3.89. The predicted molar refractivity (Wildman–Crippen MR) is 105 cm³/mol. The number of aryl methyl sites for hydroxylation is 1. The van der Waals surface area contributed by atoms with E-state index in [0.717, 1.165) is 6.07 Å². The Kier molecular flexibility index (Phi) is 7.13. The van der Waals surface area contributed by atoms with Crippen LogP contribution in [0.1, 0.15) is 39.0 Å². The molecule has 0 fully saturated rings. The van der Waals surface area contributed by atoms with Gasteiger partial charge in [-0.05, 0) is 32.4 Å². The van der Waals surface area contributed by atoms with Crippen LogP contribution in [0.4, 0.5) is 11.4 Å². The number of nitrogens with one attached hydrogen (secondary N) is 2. The maximum atomic E-state index is 12.4. The van der Waals surface area contributed by atoms with Gasteiger partial charge in [0.05, 0.1) is 29.9 Å². The van der Waals surface area contributed by atoms with E-state index in [1.807, 2.05) is 0 Å². The lowest BCUT2D eigenvalue weighted by molar-refractivity contribution is -0.384. The molecule has 1 aromatic heterocycles.